The molecule has 0 saturated carbocycles. The third-order valence-electron chi connectivity index (χ3n) is 3.72. The maximum absolute atomic E-state index is 12.2. The highest BCUT2D eigenvalue weighted by molar-refractivity contribution is 6.04. The van der Waals surface area contributed by atoms with Crippen LogP contribution in [-0.4, -0.2) is 29.0 Å². The summed E-state index contributed by atoms with van der Waals surface area (Å²) in [5.41, 5.74) is 7.45. The molecule has 3 heterocycles. The Labute approximate surface area is 153 Å². The number of nitrogens with zero attached hydrogens (tertiary/aromatic N) is 3. The highest BCUT2D eigenvalue weighted by Gasteiger charge is 2.13. The van der Waals surface area contributed by atoms with Crippen molar-refractivity contribution in [2.75, 3.05) is 23.3 Å². The zero-order valence-corrected chi connectivity index (χ0v) is 14.8. The number of anilines is 2. The lowest BCUT2D eigenvalue weighted by Crippen LogP contribution is -2.19. The quantitative estimate of drug-likeness (QED) is 0.865. The molecule has 3 N–H and O–H groups in total. The number of carbonyl (C=O) groups excluding carboxylic acids is 1. The number of pyridine rings is 2. The van der Waals surface area contributed by atoms with Crippen molar-refractivity contribution in [1.82, 2.24) is 9.97 Å². The normalized spacial score (nSPS) is 13.0. The van der Waals surface area contributed by atoms with Crippen LogP contribution < -0.4 is 16.0 Å². The molecule has 1 aliphatic rings. The van der Waals surface area contributed by atoms with E-state index in [4.69, 9.17) is 5.73 Å². The van der Waals surface area contributed by atoms with Gasteiger partial charge in [0.25, 0.3) is 5.91 Å². The SMILES string of the molecule is Cl.Cl.NCc1cc(C(=O)Nc2ccc(N3CCCC3)nc2)ccn1. The first-order chi connectivity index (χ1) is 10.8. The van der Waals surface area contributed by atoms with E-state index in [9.17, 15) is 4.79 Å². The van der Waals surface area contributed by atoms with Gasteiger partial charge in [0, 0.05) is 31.4 Å². The van der Waals surface area contributed by atoms with Crippen LogP contribution in [0.3, 0.4) is 0 Å². The average molecular weight is 370 g/mol. The molecular weight excluding hydrogens is 349 g/mol. The van der Waals surface area contributed by atoms with Crippen LogP contribution in [0.4, 0.5) is 11.5 Å². The molecular formula is C16H21Cl2N5O. The van der Waals surface area contributed by atoms with E-state index in [1.165, 1.54) is 12.8 Å². The van der Waals surface area contributed by atoms with Crippen LogP contribution in [-0.2, 0) is 6.54 Å². The molecule has 8 heteroatoms. The average Bonchev–Trinajstić information content (AvgIpc) is 3.10. The van der Waals surface area contributed by atoms with Gasteiger partial charge in [-0.1, -0.05) is 0 Å². The summed E-state index contributed by atoms with van der Waals surface area (Å²) in [5.74, 6) is 0.776. The molecule has 0 radical (unpaired) electrons. The van der Waals surface area contributed by atoms with Gasteiger partial charge in [0.05, 0.1) is 17.6 Å². The highest BCUT2D eigenvalue weighted by Crippen LogP contribution is 2.19. The van der Waals surface area contributed by atoms with E-state index in [0.717, 1.165) is 18.9 Å². The Kier molecular flexibility index (Phi) is 7.91. The van der Waals surface area contributed by atoms with Gasteiger partial charge in [-0.25, -0.2) is 4.98 Å². The Balaban J connectivity index is 0.00000144. The standard InChI is InChI=1S/C16H19N5O.2ClH/c17-10-14-9-12(5-6-18-14)16(22)20-13-3-4-15(19-11-13)21-7-1-2-8-21;;/h3-6,9,11H,1-2,7-8,10,17H2,(H,20,22);2*1H. The van der Waals surface area contributed by atoms with Gasteiger partial charge in [0.2, 0.25) is 0 Å². The summed E-state index contributed by atoms with van der Waals surface area (Å²) in [6, 6.07) is 7.18. The van der Waals surface area contributed by atoms with Crippen molar-refractivity contribution >= 4 is 42.2 Å². The molecule has 0 unspecified atom stereocenters. The van der Waals surface area contributed by atoms with Crippen molar-refractivity contribution < 1.29 is 4.79 Å². The first kappa shape index (κ1) is 20.2. The van der Waals surface area contributed by atoms with Crippen LogP contribution in [0.15, 0.2) is 36.7 Å². The van der Waals surface area contributed by atoms with Gasteiger partial charge in [-0.2, -0.15) is 0 Å². The van der Waals surface area contributed by atoms with E-state index < -0.39 is 0 Å². The van der Waals surface area contributed by atoms with Gasteiger partial charge < -0.3 is 16.0 Å². The molecule has 0 spiro atoms. The Morgan fingerprint density at radius 2 is 1.92 bits per heavy atom. The number of hydrogen-bond donors (Lipinski definition) is 2. The first-order valence-corrected chi connectivity index (χ1v) is 7.43. The number of amides is 1. The van der Waals surface area contributed by atoms with E-state index in [2.05, 4.69) is 20.2 Å². The van der Waals surface area contributed by atoms with E-state index in [1.807, 2.05) is 12.1 Å². The summed E-state index contributed by atoms with van der Waals surface area (Å²) < 4.78 is 0. The van der Waals surface area contributed by atoms with Crippen molar-refractivity contribution in [3.8, 4) is 0 Å². The smallest absolute Gasteiger partial charge is 0.255 e. The fourth-order valence-electron chi connectivity index (χ4n) is 2.53. The molecule has 3 rings (SSSR count). The Bertz CT molecular complexity index is 660. The first-order valence-electron chi connectivity index (χ1n) is 7.43. The lowest BCUT2D eigenvalue weighted by atomic mass is 10.2. The number of carbonyl (C=O) groups is 1. The fraction of sp³-hybridized carbons (Fsp3) is 0.312. The topological polar surface area (TPSA) is 84.1 Å². The molecule has 0 atom stereocenters. The summed E-state index contributed by atoms with van der Waals surface area (Å²) >= 11 is 0. The number of nitrogens with two attached hydrogens (primary N) is 1. The number of rotatable bonds is 4. The molecule has 2 aromatic rings. The van der Waals surface area contributed by atoms with Crippen molar-refractivity contribution in [2.24, 2.45) is 5.73 Å². The van der Waals surface area contributed by atoms with Crippen LogP contribution in [0.2, 0.25) is 0 Å². The third-order valence-corrected chi connectivity index (χ3v) is 3.72. The van der Waals surface area contributed by atoms with Crippen LogP contribution in [0.5, 0.6) is 0 Å². The molecule has 1 amide bonds. The minimum atomic E-state index is -0.187. The molecule has 0 aromatic carbocycles. The van der Waals surface area contributed by atoms with Crippen molar-refractivity contribution in [1.29, 1.82) is 0 Å². The summed E-state index contributed by atoms with van der Waals surface area (Å²) in [6.45, 7) is 2.42. The van der Waals surface area contributed by atoms with E-state index in [0.29, 0.717) is 23.5 Å². The maximum Gasteiger partial charge on any atom is 0.255 e. The van der Waals surface area contributed by atoms with Gasteiger partial charge >= 0.3 is 0 Å². The maximum atomic E-state index is 12.2. The van der Waals surface area contributed by atoms with Crippen LogP contribution >= 0.6 is 24.8 Å². The molecule has 130 valence electrons. The van der Waals surface area contributed by atoms with Gasteiger partial charge in [0.1, 0.15) is 5.82 Å². The predicted molar refractivity (Wildman–Crippen MR) is 100 cm³/mol. The molecule has 24 heavy (non-hydrogen) atoms. The van der Waals surface area contributed by atoms with Gasteiger partial charge in [-0.15, -0.1) is 24.8 Å². The monoisotopic (exact) mass is 369 g/mol. The third kappa shape index (κ3) is 4.80. The van der Waals surface area contributed by atoms with Crippen LogP contribution in [0.25, 0.3) is 0 Å². The van der Waals surface area contributed by atoms with Crippen molar-refractivity contribution in [2.45, 2.75) is 19.4 Å². The van der Waals surface area contributed by atoms with Crippen LogP contribution in [0.1, 0.15) is 28.9 Å². The largest absolute Gasteiger partial charge is 0.357 e. The second kappa shape index (κ2) is 9.42. The van der Waals surface area contributed by atoms with E-state index in [1.54, 1.807) is 24.5 Å². The number of aromatic nitrogens is 2. The zero-order chi connectivity index (χ0) is 15.4. The van der Waals surface area contributed by atoms with Gasteiger partial charge in [-0.3, -0.25) is 9.78 Å². The zero-order valence-electron chi connectivity index (χ0n) is 13.1. The minimum Gasteiger partial charge on any atom is -0.357 e. The summed E-state index contributed by atoms with van der Waals surface area (Å²) in [6.07, 6.45) is 5.71. The molecule has 0 bridgehead atoms. The minimum absolute atomic E-state index is 0. The fourth-order valence-corrected chi connectivity index (χ4v) is 2.53. The number of nitrogens with one attached hydrogen (secondary N) is 1. The van der Waals surface area contributed by atoms with E-state index >= 15 is 0 Å². The molecule has 1 saturated heterocycles. The highest BCUT2D eigenvalue weighted by atomic mass is 35.5. The molecule has 0 aliphatic carbocycles. The lowest BCUT2D eigenvalue weighted by molar-refractivity contribution is 0.102. The second-order valence-corrected chi connectivity index (χ2v) is 5.29. The number of halogens is 2. The summed E-state index contributed by atoms with van der Waals surface area (Å²) in [7, 11) is 0. The Morgan fingerprint density at radius 1 is 1.17 bits per heavy atom. The van der Waals surface area contributed by atoms with Gasteiger partial charge in [-0.05, 0) is 37.1 Å². The second-order valence-electron chi connectivity index (χ2n) is 5.29. The summed E-state index contributed by atoms with van der Waals surface area (Å²) in [4.78, 5) is 23.0. The van der Waals surface area contributed by atoms with E-state index in [-0.39, 0.29) is 30.7 Å². The van der Waals surface area contributed by atoms with Crippen LogP contribution in [0, 0.1) is 0 Å². The molecule has 2 aromatic heterocycles. The molecule has 1 aliphatic heterocycles. The molecule has 6 nitrogen and oxygen atoms in total. The van der Waals surface area contributed by atoms with Crippen molar-refractivity contribution in [3.63, 3.8) is 0 Å². The Hall–Kier alpha value is -1.89. The lowest BCUT2D eigenvalue weighted by Gasteiger charge is -2.16. The predicted octanol–water partition coefficient (Wildman–Crippen LogP) is 2.63. The number of hydrogen-bond acceptors (Lipinski definition) is 5. The molecule has 1 fully saturated rings. The Morgan fingerprint density at radius 3 is 2.54 bits per heavy atom. The van der Waals surface area contributed by atoms with Gasteiger partial charge in [0.15, 0.2) is 0 Å². The van der Waals surface area contributed by atoms with Crippen molar-refractivity contribution in [3.05, 3.63) is 47.9 Å². The summed E-state index contributed by atoms with van der Waals surface area (Å²) in [5, 5.41) is 2.84.